The molecule has 1 aliphatic carbocycles. The minimum atomic E-state index is -0.0498. The largest absolute Gasteiger partial charge is 0.493 e. The highest BCUT2D eigenvalue weighted by molar-refractivity contribution is 8.18. The van der Waals surface area contributed by atoms with Gasteiger partial charge >= 0.3 is 0 Å². The lowest BCUT2D eigenvalue weighted by Gasteiger charge is -2.47. The summed E-state index contributed by atoms with van der Waals surface area (Å²) in [5.41, 5.74) is 2.91. The second-order valence-corrected chi connectivity index (χ2v) is 13.3. The van der Waals surface area contributed by atoms with Crippen LogP contribution in [0.2, 0.25) is 5.02 Å². The first-order valence-electron chi connectivity index (χ1n) is 12.4. The van der Waals surface area contributed by atoms with Crippen molar-refractivity contribution in [3.05, 3.63) is 52.5 Å². The standard InChI is InChI=1S/C28H38ClNO3S2.ClH/c1-20(30(2)19-27(12-6-13-27)21-8-10-23(29)11-9-21)18-28(34-14-7-15-35-28)22-16-24(31-3)26(33-5)25(17-22)32-4;/h8-11,16-17,20H,6-7,12-15,18-19H2,1-5H3;1H. The molecule has 0 spiro atoms. The van der Waals surface area contributed by atoms with E-state index in [2.05, 4.69) is 66.7 Å². The molecule has 0 amide bonds. The zero-order chi connectivity index (χ0) is 25.1. The van der Waals surface area contributed by atoms with E-state index in [1.165, 1.54) is 36.8 Å². The normalized spacial score (nSPS) is 19.1. The monoisotopic (exact) mass is 571 g/mol. The van der Waals surface area contributed by atoms with Gasteiger partial charge in [-0.15, -0.1) is 35.9 Å². The van der Waals surface area contributed by atoms with Crippen LogP contribution in [0.25, 0.3) is 0 Å². The van der Waals surface area contributed by atoms with Crippen LogP contribution in [0.4, 0.5) is 0 Å². The van der Waals surface area contributed by atoms with Crippen molar-refractivity contribution in [1.29, 1.82) is 0 Å². The van der Waals surface area contributed by atoms with E-state index < -0.39 is 0 Å². The summed E-state index contributed by atoms with van der Waals surface area (Å²) in [6.07, 6.45) is 6.08. The molecule has 4 nitrogen and oxygen atoms in total. The predicted molar refractivity (Wildman–Crippen MR) is 158 cm³/mol. The van der Waals surface area contributed by atoms with Crippen molar-refractivity contribution in [3.8, 4) is 17.2 Å². The molecule has 200 valence electrons. The maximum atomic E-state index is 6.18. The molecule has 8 heteroatoms. The van der Waals surface area contributed by atoms with E-state index >= 15 is 0 Å². The number of benzene rings is 2. The molecular weight excluding hydrogens is 533 g/mol. The third-order valence-electron chi connectivity index (χ3n) is 7.70. The Kier molecular flexibility index (Phi) is 10.5. The van der Waals surface area contributed by atoms with Crippen molar-refractivity contribution in [2.45, 2.75) is 54.6 Å². The number of hydrogen-bond acceptors (Lipinski definition) is 6. The van der Waals surface area contributed by atoms with E-state index in [1.54, 1.807) is 21.3 Å². The van der Waals surface area contributed by atoms with Gasteiger partial charge in [-0.1, -0.05) is 30.2 Å². The summed E-state index contributed by atoms with van der Waals surface area (Å²) in [6.45, 7) is 3.44. The van der Waals surface area contributed by atoms with E-state index in [0.717, 1.165) is 41.0 Å². The third-order valence-corrected chi connectivity index (χ3v) is 11.4. The average Bonchev–Trinajstić information content (AvgIpc) is 2.86. The molecule has 1 saturated heterocycles. The fourth-order valence-electron chi connectivity index (χ4n) is 5.40. The van der Waals surface area contributed by atoms with Gasteiger partial charge in [-0.2, -0.15) is 0 Å². The summed E-state index contributed by atoms with van der Waals surface area (Å²) < 4.78 is 17.0. The summed E-state index contributed by atoms with van der Waals surface area (Å²) in [4.78, 5) is 2.57. The topological polar surface area (TPSA) is 30.9 Å². The van der Waals surface area contributed by atoms with Crippen LogP contribution in [0.3, 0.4) is 0 Å². The van der Waals surface area contributed by atoms with Crippen molar-refractivity contribution >= 4 is 47.5 Å². The number of hydrogen-bond donors (Lipinski definition) is 0. The molecule has 0 aromatic heterocycles. The summed E-state index contributed by atoms with van der Waals surface area (Å²) in [7, 11) is 7.34. The SMILES string of the molecule is COc1cc(C2(CC(C)N(C)CC3(c4ccc(Cl)cc4)CCC3)SCCCS2)cc(OC)c1OC.Cl. The highest BCUT2D eigenvalue weighted by Crippen LogP contribution is 2.56. The van der Waals surface area contributed by atoms with E-state index in [4.69, 9.17) is 25.8 Å². The van der Waals surface area contributed by atoms with Crippen molar-refractivity contribution in [1.82, 2.24) is 4.90 Å². The molecule has 1 aliphatic heterocycles. The van der Waals surface area contributed by atoms with Crippen LogP contribution < -0.4 is 14.2 Å². The van der Waals surface area contributed by atoms with Crippen LogP contribution in [0.1, 0.15) is 50.2 Å². The van der Waals surface area contributed by atoms with Gasteiger partial charge in [-0.3, -0.25) is 0 Å². The molecule has 0 N–H and O–H groups in total. The Bertz CT molecular complexity index is 970. The van der Waals surface area contributed by atoms with Crippen LogP contribution in [-0.2, 0) is 9.49 Å². The van der Waals surface area contributed by atoms with Gasteiger partial charge in [0.05, 0.1) is 25.4 Å². The minimum absolute atomic E-state index is 0. The summed E-state index contributed by atoms with van der Waals surface area (Å²) >= 11 is 10.3. The van der Waals surface area contributed by atoms with Gasteiger partial charge in [-0.05, 0) is 86.6 Å². The molecule has 1 saturated carbocycles. The lowest BCUT2D eigenvalue weighted by molar-refractivity contribution is 0.128. The van der Waals surface area contributed by atoms with E-state index in [-0.39, 0.29) is 21.9 Å². The average molecular weight is 573 g/mol. The number of rotatable bonds is 10. The maximum absolute atomic E-state index is 6.18. The second-order valence-electron chi connectivity index (χ2n) is 9.83. The van der Waals surface area contributed by atoms with Crippen molar-refractivity contribution in [2.75, 3.05) is 46.4 Å². The Morgan fingerprint density at radius 3 is 1.97 bits per heavy atom. The summed E-state index contributed by atoms with van der Waals surface area (Å²) in [5, 5.41) is 0.809. The highest BCUT2D eigenvalue weighted by atomic mass is 35.5. The lowest BCUT2D eigenvalue weighted by Crippen LogP contribution is -2.48. The molecule has 2 aliphatic rings. The van der Waals surface area contributed by atoms with Crippen LogP contribution in [0, 0.1) is 0 Å². The zero-order valence-corrected chi connectivity index (χ0v) is 25.2. The van der Waals surface area contributed by atoms with Crippen LogP contribution in [-0.4, -0.2) is 57.4 Å². The first-order chi connectivity index (χ1) is 16.9. The van der Waals surface area contributed by atoms with Crippen molar-refractivity contribution < 1.29 is 14.2 Å². The zero-order valence-electron chi connectivity index (χ0n) is 22.0. The summed E-state index contributed by atoms with van der Waals surface area (Å²) in [5.74, 6) is 4.43. The maximum Gasteiger partial charge on any atom is 0.203 e. The van der Waals surface area contributed by atoms with Gasteiger partial charge in [0, 0.05) is 23.0 Å². The number of nitrogens with zero attached hydrogens (tertiary/aromatic N) is 1. The van der Waals surface area contributed by atoms with Gasteiger partial charge in [0.15, 0.2) is 11.5 Å². The molecule has 0 bridgehead atoms. The fraction of sp³-hybridized carbons (Fsp3) is 0.571. The Hall–Kier alpha value is -0.920. The number of ether oxygens (including phenoxy) is 3. The number of likely N-dealkylation sites (N-methyl/N-ethyl adjacent to an activating group) is 1. The van der Waals surface area contributed by atoms with Gasteiger partial charge in [0.1, 0.15) is 0 Å². The summed E-state index contributed by atoms with van der Waals surface area (Å²) in [6, 6.07) is 13.2. The second kappa shape index (κ2) is 12.8. The molecule has 1 unspecified atom stereocenters. The first-order valence-corrected chi connectivity index (χ1v) is 14.8. The Balaban J connectivity index is 0.00000361. The number of halogens is 2. The van der Waals surface area contributed by atoms with E-state index in [1.807, 2.05) is 12.1 Å². The quantitative estimate of drug-likeness (QED) is 0.291. The van der Waals surface area contributed by atoms with Crippen LogP contribution >= 0.6 is 47.5 Å². The molecule has 4 rings (SSSR count). The van der Waals surface area contributed by atoms with Crippen LogP contribution in [0.15, 0.2) is 36.4 Å². The molecule has 2 aromatic carbocycles. The highest BCUT2D eigenvalue weighted by Gasteiger charge is 2.43. The Labute approximate surface area is 236 Å². The Morgan fingerprint density at radius 2 is 1.50 bits per heavy atom. The van der Waals surface area contributed by atoms with Crippen LogP contribution in [0.5, 0.6) is 17.2 Å². The van der Waals surface area contributed by atoms with E-state index in [9.17, 15) is 0 Å². The molecule has 36 heavy (non-hydrogen) atoms. The first kappa shape index (κ1) is 29.6. The number of methoxy groups -OCH3 is 3. The molecule has 1 heterocycles. The van der Waals surface area contributed by atoms with Crippen molar-refractivity contribution in [3.63, 3.8) is 0 Å². The molecule has 2 fully saturated rings. The van der Waals surface area contributed by atoms with Gasteiger partial charge in [-0.25, -0.2) is 0 Å². The van der Waals surface area contributed by atoms with E-state index in [0.29, 0.717) is 11.8 Å². The predicted octanol–water partition coefficient (Wildman–Crippen LogP) is 7.64. The van der Waals surface area contributed by atoms with Gasteiger partial charge in [0.2, 0.25) is 5.75 Å². The molecular formula is C28H39Cl2NO3S2. The Morgan fingerprint density at radius 1 is 0.917 bits per heavy atom. The molecule has 2 aromatic rings. The molecule has 1 atom stereocenters. The van der Waals surface area contributed by atoms with Gasteiger partial charge < -0.3 is 19.1 Å². The van der Waals surface area contributed by atoms with Crippen molar-refractivity contribution in [2.24, 2.45) is 0 Å². The smallest absolute Gasteiger partial charge is 0.203 e. The fourth-order valence-corrected chi connectivity index (χ4v) is 9.07. The van der Waals surface area contributed by atoms with Gasteiger partial charge in [0.25, 0.3) is 0 Å². The number of thioether (sulfide) groups is 2. The third kappa shape index (κ3) is 6.04. The lowest BCUT2D eigenvalue weighted by atomic mass is 9.64. The molecule has 0 radical (unpaired) electrons. The minimum Gasteiger partial charge on any atom is -0.493 e.